The van der Waals surface area contributed by atoms with Crippen LogP contribution in [0.15, 0.2) is 29.1 Å². The maximum atomic E-state index is 12.5. The van der Waals surface area contributed by atoms with E-state index in [1.54, 1.807) is 10.6 Å². The molecule has 0 bridgehead atoms. The molecule has 2 aromatic rings. The largest absolute Gasteiger partial charge is 0.353 e. The Kier molecular flexibility index (Phi) is 4.46. The maximum absolute atomic E-state index is 12.5. The molecular weight excluding hydrogens is 290 g/mol. The van der Waals surface area contributed by atoms with E-state index >= 15 is 0 Å². The minimum atomic E-state index is -0.0262. The number of hydrogen-bond donors (Lipinski definition) is 1. The molecule has 0 saturated heterocycles. The molecule has 3 rings (SSSR count). The monoisotopic (exact) mass is 313 g/mol. The molecule has 1 N–H and O–H groups in total. The van der Waals surface area contributed by atoms with E-state index < -0.39 is 0 Å². The zero-order valence-electron chi connectivity index (χ0n) is 13.7. The number of carbonyl (C=O) groups excluding carboxylic acids is 1. The Balaban J connectivity index is 1.61. The number of para-hydroxylation sites is 1. The Morgan fingerprint density at radius 2 is 2.17 bits per heavy atom. The van der Waals surface area contributed by atoms with Crippen molar-refractivity contribution in [1.29, 1.82) is 0 Å². The number of aryl methyl sites for hydroxylation is 1. The lowest BCUT2D eigenvalue weighted by Gasteiger charge is -2.10. The molecule has 5 nitrogen and oxygen atoms in total. The Labute approximate surface area is 135 Å². The highest BCUT2D eigenvalue weighted by atomic mass is 16.1. The van der Waals surface area contributed by atoms with Gasteiger partial charge < -0.3 is 5.32 Å². The first-order chi connectivity index (χ1) is 11.1. The average molecular weight is 313 g/mol. The second kappa shape index (κ2) is 6.52. The molecule has 1 aromatic heterocycles. The Bertz CT molecular complexity index is 781. The third-order valence-electron chi connectivity index (χ3n) is 4.63. The summed E-state index contributed by atoms with van der Waals surface area (Å²) in [5, 5.41) is 3.69. The van der Waals surface area contributed by atoms with Crippen LogP contribution in [0.5, 0.6) is 0 Å². The smallest absolute Gasteiger partial charge is 0.261 e. The summed E-state index contributed by atoms with van der Waals surface area (Å²) in [6.45, 7) is 4.51. The van der Waals surface area contributed by atoms with E-state index in [-0.39, 0.29) is 11.5 Å². The van der Waals surface area contributed by atoms with E-state index in [2.05, 4.69) is 17.2 Å². The van der Waals surface area contributed by atoms with Crippen LogP contribution in [-0.2, 0) is 11.3 Å². The lowest BCUT2D eigenvalue weighted by molar-refractivity contribution is -0.121. The molecule has 1 aromatic carbocycles. The third kappa shape index (κ3) is 3.44. The van der Waals surface area contributed by atoms with Crippen molar-refractivity contribution in [2.75, 3.05) is 0 Å². The SMILES string of the molecule is CC[C@H]1C[C@@H]1NC(=O)CCCn1c(C)nc2ccccc2c1=O. The Morgan fingerprint density at radius 3 is 2.91 bits per heavy atom. The van der Waals surface area contributed by atoms with Gasteiger partial charge in [0.25, 0.3) is 5.56 Å². The number of nitrogens with one attached hydrogen (secondary N) is 1. The first kappa shape index (κ1) is 15.7. The number of fused-ring (bicyclic) bond motifs is 1. The van der Waals surface area contributed by atoms with Crippen LogP contribution in [0.3, 0.4) is 0 Å². The molecule has 1 aliphatic carbocycles. The first-order valence-electron chi connectivity index (χ1n) is 8.35. The predicted molar refractivity (Wildman–Crippen MR) is 90.3 cm³/mol. The number of hydrogen-bond acceptors (Lipinski definition) is 3. The molecule has 0 aliphatic heterocycles. The third-order valence-corrected chi connectivity index (χ3v) is 4.63. The molecule has 1 fully saturated rings. The zero-order chi connectivity index (χ0) is 16.4. The quantitative estimate of drug-likeness (QED) is 0.890. The summed E-state index contributed by atoms with van der Waals surface area (Å²) < 4.78 is 1.67. The lowest BCUT2D eigenvalue weighted by Crippen LogP contribution is -2.28. The number of benzene rings is 1. The lowest BCUT2D eigenvalue weighted by atomic mass is 10.2. The van der Waals surface area contributed by atoms with Gasteiger partial charge in [-0.05, 0) is 37.8 Å². The minimum Gasteiger partial charge on any atom is -0.353 e. The highest BCUT2D eigenvalue weighted by Gasteiger charge is 2.36. The molecule has 1 saturated carbocycles. The topological polar surface area (TPSA) is 64.0 Å². The van der Waals surface area contributed by atoms with Gasteiger partial charge >= 0.3 is 0 Å². The van der Waals surface area contributed by atoms with Gasteiger partial charge in [-0.2, -0.15) is 0 Å². The first-order valence-corrected chi connectivity index (χ1v) is 8.35. The summed E-state index contributed by atoms with van der Waals surface area (Å²) in [5.41, 5.74) is 0.699. The van der Waals surface area contributed by atoms with E-state index in [9.17, 15) is 9.59 Å². The van der Waals surface area contributed by atoms with Crippen molar-refractivity contribution in [3.63, 3.8) is 0 Å². The molecule has 122 valence electrons. The van der Waals surface area contributed by atoms with Crippen molar-refractivity contribution in [2.45, 2.75) is 52.1 Å². The molecule has 1 heterocycles. The van der Waals surface area contributed by atoms with Crippen LogP contribution < -0.4 is 10.9 Å². The normalized spacial score (nSPS) is 19.7. The summed E-state index contributed by atoms with van der Waals surface area (Å²) in [6, 6.07) is 7.74. The van der Waals surface area contributed by atoms with Crippen molar-refractivity contribution in [3.8, 4) is 0 Å². The molecule has 0 spiro atoms. The van der Waals surface area contributed by atoms with Gasteiger partial charge in [0.2, 0.25) is 5.91 Å². The van der Waals surface area contributed by atoms with Gasteiger partial charge in [0.1, 0.15) is 5.82 Å². The highest BCUT2D eigenvalue weighted by molar-refractivity contribution is 5.77. The molecule has 1 aliphatic rings. The Morgan fingerprint density at radius 1 is 1.39 bits per heavy atom. The van der Waals surface area contributed by atoms with Gasteiger partial charge in [-0.15, -0.1) is 0 Å². The summed E-state index contributed by atoms with van der Waals surface area (Å²) in [7, 11) is 0. The van der Waals surface area contributed by atoms with Crippen molar-refractivity contribution in [3.05, 3.63) is 40.4 Å². The van der Waals surface area contributed by atoms with E-state index in [4.69, 9.17) is 0 Å². The highest BCUT2D eigenvalue weighted by Crippen LogP contribution is 2.33. The van der Waals surface area contributed by atoms with Crippen LogP contribution in [-0.4, -0.2) is 21.5 Å². The van der Waals surface area contributed by atoms with Crippen LogP contribution in [0.2, 0.25) is 0 Å². The van der Waals surface area contributed by atoms with E-state index in [0.29, 0.717) is 42.6 Å². The molecular formula is C18H23N3O2. The van der Waals surface area contributed by atoms with Crippen molar-refractivity contribution < 1.29 is 4.79 Å². The molecule has 2 atom stereocenters. The molecule has 1 amide bonds. The number of amides is 1. The van der Waals surface area contributed by atoms with Crippen LogP contribution in [0.1, 0.15) is 38.4 Å². The van der Waals surface area contributed by atoms with Crippen molar-refractivity contribution in [1.82, 2.24) is 14.9 Å². The van der Waals surface area contributed by atoms with Crippen LogP contribution in [0, 0.1) is 12.8 Å². The second-order valence-electron chi connectivity index (χ2n) is 6.31. The molecule has 0 unspecified atom stereocenters. The summed E-state index contributed by atoms with van der Waals surface area (Å²) in [6.07, 6.45) is 3.33. The fourth-order valence-electron chi connectivity index (χ4n) is 3.09. The predicted octanol–water partition coefficient (Wildman–Crippen LogP) is 2.40. The fraction of sp³-hybridized carbons (Fsp3) is 0.500. The van der Waals surface area contributed by atoms with Gasteiger partial charge in [0.15, 0.2) is 0 Å². The van der Waals surface area contributed by atoms with Gasteiger partial charge in [-0.25, -0.2) is 4.98 Å². The number of aromatic nitrogens is 2. The summed E-state index contributed by atoms with van der Waals surface area (Å²) >= 11 is 0. The molecule has 0 radical (unpaired) electrons. The van der Waals surface area contributed by atoms with Gasteiger partial charge in [-0.1, -0.05) is 25.5 Å². The minimum absolute atomic E-state index is 0.0262. The average Bonchev–Trinajstić information content (AvgIpc) is 3.28. The van der Waals surface area contributed by atoms with E-state index in [0.717, 1.165) is 18.4 Å². The van der Waals surface area contributed by atoms with E-state index in [1.807, 2.05) is 25.1 Å². The number of rotatable bonds is 6. The van der Waals surface area contributed by atoms with Crippen LogP contribution >= 0.6 is 0 Å². The van der Waals surface area contributed by atoms with Crippen molar-refractivity contribution in [2.24, 2.45) is 5.92 Å². The van der Waals surface area contributed by atoms with Crippen LogP contribution in [0.25, 0.3) is 10.9 Å². The van der Waals surface area contributed by atoms with E-state index in [1.165, 1.54) is 0 Å². The summed E-state index contributed by atoms with van der Waals surface area (Å²) in [4.78, 5) is 28.9. The Hall–Kier alpha value is -2.17. The number of nitrogens with zero attached hydrogens (tertiary/aromatic N) is 2. The summed E-state index contributed by atoms with van der Waals surface area (Å²) in [5.74, 6) is 1.45. The number of carbonyl (C=O) groups is 1. The maximum Gasteiger partial charge on any atom is 0.261 e. The zero-order valence-corrected chi connectivity index (χ0v) is 13.7. The van der Waals surface area contributed by atoms with Gasteiger partial charge in [-0.3, -0.25) is 14.2 Å². The van der Waals surface area contributed by atoms with Crippen LogP contribution in [0.4, 0.5) is 0 Å². The fourth-order valence-corrected chi connectivity index (χ4v) is 3.09. The molecule has 23 heavy (non-hydrogen) atoms. The van der Waals surface area contributed by atoms with Gasteiger partial charge in [0.05, 0.1) is 10.9 Å². The molecule has 5 heteroatoms. The standard InChI is InChI=1S/C18H23N3O2/c1-3-13-11-16(13)20-17(22)9-6-10-21-12(2)19-15-8-5-4-7-14(15)18(21)23/h4-5,7-8,13,16H,3,6,9-11H2,1-2H3,(H,20,22)/t13-,16-/m0/s1. The van der Waals surface area contributed by atoms with Gasteiger partial charge in [0, 0.05) is 19.0 Å². The second-order valence-corrected chi connectivity index (χ2v) is 6.31. The van der Waals surface area contributed by atoms with Crippen molar-refractivity contribution >= 4 is 16.8 Å².